The van der Waals surface area contributed by atoms with Crippen molar-refractivity contribution in [3.8, 4) is 0 Å². The minimum absolute atomic E-state index is 0.121. The Labute approximate surface area is 163 Å². The molecule has 1 aliphatic heterocycles. The van der Waals surface area contributed by atoms with Crippen LogP contribution in [0.2, 0.25) is 0 Å². The summed E-state index contributed by atoms with van der Waals surface area (Å²) in [5.41, 5.74) is 1.09. The molecule has 0 bridgehead atoms. The van der Waals surface area contributed by atoms with E-state index in [1.165, 1.54) is 50.7 Å². The van der Waals surface area contributed by atoms with E-state index >= 15 is 0 Å². The van der Waals surface area contributed by atoms with Gasteiger partial charge in [-0.25, -0.2) is 19.2 Å². The number of cyclic esters (lactones) is 2. The maximum Gasteiger partial charge on any atom is 0.330 e. The first-order valence-corrected chi connectivity index (χ1v) is 8.71. The minimum atomic E-state index is -0.552. The van der Waals surface area contributed by atoms with Crippen LogP contribution in [0.3, 0.4) is 0 Å². The average molecular weight is 392 g/mol. The van der Waals surface area contributed by atoms with E-state index in [0.717, 1.165) is 0 Å². The summed E-state index contributed by atoms with van der Waals surface area (Å²) in [6, 6.07) is 0. The first-order chi connectivity index (χ1) is 13.4. The summed E-state index contributed by atoms with van der Waals surface area (Å²) in [6.07, 6.45) is 9.56. The molecule has 8 nitrogen and oxygen atoms in total. The van der Waals surface area contributed by atoms with E-state index in [4.69, 9.17) is 9.47 Å². The number of ether oxygens (including phenoxy) is 4. The molecule has 0 atom stereocenters. The van der Waals surface area contributed by atoms with E-state index in [1.54, 1.807) is 0 Å². The molecule has 1 heterocycles. The molecule has 152 valence electrons. The van der Waals surface area contributed by atoms with Gasteiger partial charge in [0.05, 0.1) is 27.4 Å². The Hall–Kier alpha value is -3.16. The fourth-order valence-corrected chi connectivity index (χ4v) is 2.17. The highest BCUT2D eigenvalue weighted by Crippen LogP contribution is 2.11. The molecule has 0 aromatic carbocycles. The second-order valence-electron chi connectivity index (χ2n) is 5.69. The quantitative estimate of drug-likeness (QED) is 0.399. The van der Waals surface area contributed by atoms with Crippen LogP contribution in [0.5, 0.6) is 0 Å². The van der Waals surface area contributed by atoms with Crippen LogP contribution in [0.25, 0.3) is 0 Å². The highest BCUT2D eigenvalue weighted by atomic mass is 16.5. The molecule has 0 spiro atoms. The summed E-state index contributed by atoms with van der Waals surface area (Å²) in [5, 5.41) is 0. The van der Waals surface area contributed by atoms with Gasteiger partial charge in [0.15, 0.2) is 0 Å². The first kappa shape index (κ1) is 22.9. The first-order valence-electron chi connectivity index (χ1n) is 8.71. The Kier molecular flexibility index (Phi) is 10.7. The van der Waals surface area contributed by atoms with Gasteiger partial charge >= 0.3 is 23.9 Å². The zero-order valence-corrected chi connectivity index (χ0v) is 16.0. The Bertz CT molecular complexity index is 637. The molecule has 0 radical (unpaired) electrons. The zero-order chi connectivity index (χ0) is 20.8. The van der Waals surface area contributed by atoms with Crippen molar-refractivity contribution in [2.45, 2.75) is 25.7 Å². The van der Waals surface area contributed by atoms with Crippen LogP contribution in [0.15, 0.2) is 47.6 Å². The van der Waals surface area contributed by atoms with Crippen LogP contribution < -0.4 is 0 Å². The van der Waals surface area contributed by atoms with Crippen molar-refractivity contribution in [2.24, 2.45) is 0 Å². The van der Waals surface area contributed by atoms with E-state index in [1.807, 2.05) is 0 Å². The lowest BCUT2D eigenvalue weighted by molar-refractivity contribution is -0.138. The van der Waals surface area contributed by atoms with Gasteiger partial charge in [0.1, 0.15) is 0 Å². The summed E-state index contributed by atoms with van der Waals surface area (Å²) >= 11 is 0. The van der Waals surface area contributed by atoms with Crippen molar-refractivity contribution < 1.29 is 38.1 Å². The van der Waals surface area contributed by atoms with Gasteiger partial charge in [0.2, 0.25) is 0 Å². The zero-order valence-electron chi connectivity index (χ0n) is 16.0. The monoisotopic (exact) mass is 392 g/mol. The molecule has 0 aliphatic carbocycles. The third-order valence-corrected chi connectivity index (χ3v) is 3.58. The normalized spacial score (nSPS) is 22.1. The van der Waals surface area contributed by atoms with Crippen LogP contribution >= 0.6 is 0 Å². The van der Waals surface area contributed by atoms with Crippen molar-refractivity contribution in [1.29, 1.82) is 0 Å². The Morgan fingerprint density at radius 2 is 1.18 bits per heavy atom. The van der Waals surface area contributed by atoms with Gasteiger partial charge in [-0.05, 0) is 36.8 Å². The number of hydrogen-bond acceptors (Lipinski definition) is 8. The van der Waals surface area contributed by atoms with Crippen LogP contribution in [-0.2, 0) is 38.1 Å². The number of carbonyl (C=O) groups excluding carboxylic acids is 4. The van der Waals surface area contributed by atoms with Gasteiger partial charge in [-0.2, -0.15) is 0 Å². The summed E-state index contributed by atoms with van der Waals surface area (Å²) in [7, 11) is 2.51. The highest BCUT2D eigenvalue weighted by Gasteiger charge is 2.06. The van der Waals surface area contributed by atoms with Crippen molar-refractivity contribution in [3.63, 3.8) is 0 Å². The molecular formula is C20H24O8. The third-order valence-electron chi connectivity index (χ3n) is 3.58. The molecular weight excluding hydrogens is 368 g/mol. The van der Waals surface area contributed by atoms with Gasteiger partial charge in [-0.1, -0.05) is 12.2 Å². The van der Waals surface area contributed by atoms with Crippen molar-refractivity contribution >= 4 is 23.9 Å². The highest BCUT2D eigenvalue weighted by molar-refractivity contribution is 5.86. The maximum absolute atomic E-state index is 11.8. The van der Waals surface area contributed by atoms with E-state index < -0.39 is 23.9 Å². The molecule has 0 amide bonds. The number of hydrogen-bond donors (Lipinski definition) is 0. The fourth-order valence-electron chi connectivity index (χ4n) is 2.17. The van der Waals surface area contributed by atoms with Crippen molar-refractivity contribution in [3.05, 3.63) is 47.6 Å². The van der Waals surface area contributed by atoms with Crippen LogP contribution in [-0.4, -0.2) is 51.3 Å². The molecule has 1 aliphatic rings. The predicted molar refractivity (Wildman–Crippen MR) is 98.9 cm³/mol. The molecule has 0 unspecified atom stereocenters. The van der Waals surface area contributed by atoms with E-state index in [-0.39, 0.29) is 13.2 Å². The lowest BCUT2D eigenvalue weighted by atomic mass is 10.1. The molecule has 0 saturated carbocycles. The van der Waals surface area contributed by atoms with Gasteiger partial charge < -0.3 is 18.9 Å². The lowest BCUT2D eigenvalue weighted by Crippen LogP contribution is -2.06. The summed E-state index contributed by atoms with van der Waals surface area (Å²) in [6.45, 7) is 0.242. The SMILES string of the molecule is COC(=O)/C=C1\C=C/C(=O)OCCCC(=C/C(=O)OC)/C=C/C(=O)OCCC1. The van der Waals surface area contributed by atoms with Gasteiger partial charge in [0.25, 0.3) is 0 Å². The van der Waals surface area contributed by atoms with Crippen molar-refractivity contribution in [2.75, 3.05) is 27.4 Å². The predicted octanol–water partition coefficient (Wildman–Crippen LogP) is 1.96. The minimum Gasteiger partial charge on any atom is -0.466 e. The molecule has 8 heteroatoms. The van der Waals surface area contributed by atoms with Gasteiger partial charge in [0, 0.05) is 24.3 Å². The smallest absolute Gasteiger partial charge is 0.330 e. The number of allylic oxidation sites excluding steroid dienone is 4. The van der Waals surface area contributed by atoms with Crippen LogP contribution in [0, 0.1) is 0 Å². The van der Waals surface area contributed by atoms with Gasteiger partial charge in [-0.3, -0.25) is 0 Å². The average Bonchev–Trinajstić information content (AvgIpc) is 2.68. The number of carbonyl (C=O) groups is 4. The number of rotatable bonds is 2. The second-order valence-corrected chi connectivity index (χ2v) is 5.69. The van der Waals surface area contributed by atoms with Crippen LogP contribution in [0.4, 0.5) is 0 Å². The summed E-state index contributed by atoms with van der Waals surface area (Å²) in [4.78, 5) is 46.4. The standard InChI is InChI=1S/C20H24O8/c1-25-19(23)13-15-5-3-11-27-18(22)10-8-16(14-20(24)26-2)6-4-12-28-17(21)9-7-15/h7-10,13-14H,3-6,11-12H2,1-2H3/b9-7-,10-8+,15-13-,16-14-. The fraction of sp³-hybridized carbons (Fsp3) is 0.400. The molecule has 0 aromatic heterocycles. The molecule has 0 aromatic rings. The molecule has 0 N–H and O–H groups in total. The largest absolute Gasteiger partial charge is 0.466 e. The van der Waals surface area contributed by atoms with E-state index in [2.05, 4.69) is 9.47 Å². The Morgan fingerprint density at radius 3 is 1.54 bits per heavy atom. The Balaban J connectivity index is 2.89. The summed E-state index contributed by atoms with van der Waals surface area (Å²) in [5.74, 6) is -2.20. The van der Waals surface area contributed by atoms with Crippen molar-refractivity contribution in [1.82, 2.24) is 0 Å². The maximum atomic E-state index is 11.8. The number of esters is 4. The number of methoxy groups -OCH3 is 2. The van der Waals surface area contributed by atoms with Crippen LogP contribution in [0.1, 0.15) is 25.7 Å². The molecule has 0 fully saturated rings. The van der Waals surface area contributed by atoms with E-state index in [9.17, 15) is 19.2 Å². The molecule has 1 rings (SSSR count). The third kappa shape index (κ3) is 10.1. The van der Waals surface area contributed by atoms with Gasteiger partial charge in [-0.15, -0.1) is 0 Å². The molecule has 0 saturated heterocycles. The molecule has 28 heavy (non-hydrogen) atoms. The summed E-state index contributed by atoms with van der Waals surface area (Å²) < 4.78 is 19.4. The lowest BCUT2D eigenvalue weighted by Gasteiger charge is -2.07. The van der Waals surface area contributed by atoms with E-state index in [0.29, 0.717) is 36.8 Å². The topological polar surface area (TPSA) is 105 Å². The Morgan fingerprint density at radius 1 is 0.786 bits per heavy atom. The second kappa shape index (κ2) is 13.1.